The molecule has 0 radical (unpaired) electrons. The van der Waals surface area contributed by atoms with E-state index in [1.165, 1.54) is 6.07 Å². The minimum atomic E-state index is -4.45. The number of aryl methyl sites for hydroxylation is 1. The number of amides is 1. The molecule has 1 amide bonds. The molecule has 0 unspecified atom stereocenters. The largest absolute Gasteiger partial charge is 0.416 e. The van der Waals surface area contributed by atoms with Crippen molar-refractivity contribution in [2.75, 3.05) is 44.4 Å². The van der Waals surface area contributed by atoms with Crippen LogP contribution in [0.3, 0.4) is 0 Å². The molecule has 1 N–H and O–H groups in total. The molecule has 0 fully saturated rings. The molecule has 0 bridgehead atoms. The average molecular weight is 505 g/mol. The van der Waals surface area contributed by atoms with E-state index in [2.05, 4.69) is 27.9 Å². The van der Waals surface area contributed by atoms with Crippen LogP contribution in [0.5, 0.6) is 0 Å². The molecular formula is C20H23F3IN3O. The molecule has 4 nitrogen and oxygen atoms in total. The van der Waals surface area contributed by atoms with Gasteiger partial charge in [-0.1, -0.05) is 6.07 Å². The third kappa shape index (κ3) is 5.84. The molecule has 0 heterocycles. The predicted molar refractivity (Wildman–Crippen MR) is 115 cm³/mol. The van der Waals surface area contributed by atoms with Crippen LogP contribution in [0.15, 0.2) is 36.4 Å². The summed E-state index contributed by atoms with van der Waals surface area (Å²) >= 11 is 2.14. The van der Waals surface area contributed by atoms with Gasteiger partial charge in [-0.3, -0.25) is 4.79 Å². The van der Waals surface area contributed by atoms with Crippen LogP contribution in [0, 0.1) is 10.5 Å². The van der Waals surface area contributed by atoms with Crippen LogP contribution in [0.2, 0.25) is 0 Å². The van der Waals surface area contributed by atoms with Crippen molar-refractivity contribution in [1.29, 1.82) is 0 Å². The van der Waals surface area contributed by atoms with Crippen molar-refractivity contribution < 1.29 is 18.0 Å². The molecule has 0 atom stereocenters. The van der Waals surface area contributed by atoms with Gasteiger partial charge in [-0.2, -0.15) is 13.2 Å². The van der Waals surface area contributed by atoms with Crippen molar-refractivity contribution in [3.05, 3.63) is 56.7 Å². The number of carbonyl (C=O) groups excluding carboxylic acids is 1. The van der Waals surface area contributed by atoms with Gasteiger partial charge < -0.3 is 15.1 Å². The second-order valence-corrected chi connectivity index (χ2v) is 8.03. The first-order chi connectivity index (χ1) is 13.0. The highest BCUT2D eigenvalue weighted by atomic mass is 127. The van der Waals surface area contributed by atoms with E-state index in [0.29, 0.717) is 30.0 Å². The standard InChI is InChI=1S/C20H23F3IN3O/c1-13-5-6-14(11-16(13)24)19(28)25-17-8-7-15(20(21,22)23)12-18(17)27(4)10-9-26(2)3/h5-8,11-12H,9-10H2,1-4H3,(H,25,28). The number of carbonyl (C=O) groups is 1. The fourth-order valence-corrected chi connectivity index (χ4v) is 3.04. The van der Waals surface area contributed by atoms with Crippen LogP contribution in [-0.2, 0) is 6.18 Å². The maximum absolute atomic E-state index is 13.2. The topological polar surface area (TPSA) is 35.6 Å². The van der Waals surface area contributed by atoms with Gasteiger partial charge in [-0.05, 0) is 79.5 Å². The highest BCUT2D eigenvalue weighted by Gasteiger charge is 2.31. The number of rotatable bonds is 6. The first-order valence-electron chi connectivity index (χ1n) is 8.63. The number of anilines is 2. The number of alkyl halides is 3. The van der Waals surface area contributed by atoms with Gasteiger partial charge in [-0.15, -0.1) is 0 Å². The van der Waals surface area contributed by atoms with E-state index in [1.807, 2.05) is 32.0 Å². The lowest BCUT2D eigenvalue weighted by molar-refractivity contribution is -0.137. The summed E-state index contributed by atoms with van der Waals surface area (Å²) in [5.41, 5.74) is 1.43. The lowest BCUT2D eigenvalue weighted by Gasteiger charge is -2.25. The summed E-state index contributed by atoms with van der Waals surface area (Å²) in [7, 11) is 5.49. The van der Waals surface area contributed by atoms with E-state index in [0.717, 1.165) is 21.3 Å². The van der Waals surface area contributed by atoms with Gasteiger partial charge in [0.2, 0.25) is 0 Å². The molecule has 152 valence electrons. The van der Waals surface area contributed by atoms with E-state index in [9.17, 15) is 18.0 Å². The Morgan fingerprint density at radius 3 is 2.32 bits per heavy atom. The van der Waals surface area contributed by atoms with Crippen LogP contribution in [-0.4, -0.2) is 45.0 Å². The summed E-state index contributed by atoms with van der Waals surface area (Å²) in [5, 5.41) is 2.76. The molecule has 2 aromatic carbocycles. The van der Waals surface area contributed by atoms with Crippen molar-refractivity contribution in [3.8, 4) is 0 Å². The average Bonchev–Trinajstić information content (AvgIpc) is 2.61. The number of halogens is 4. The fraction of sp³-hybridized carbons (Fsp3) is 0.350. The van der Waals surface area contributed by atoms with E-state index < -0.39 is 11.7 Å². The number of hydrogen-bond acceptors (Lipinski definition) is 3. The molecule has 0 spiro atoms. The van der Waals surface area contributed by atoms with Gasteiger partial charge in [0.25, 0.3) is 5.91 Å². The van der Waals surface area contributed by atoms with Crippen LogP contribution in [0.4, 0.5) is 24.5 Å². The Hall–Kier alpha value is -1.81. The van der Waals surface area contributed by atoms with Crippen LogP contribution in [0.1, 0.15) is 21.5 Å². The fourth-order valence-electron chi connectivity index (χ4n) is 2.53. The molecule has 2 rings (SSSR count). The number of likely N-dealkylation sites (N-methyl/N-ethyl adjacent to an activating group) is 2. The third-order valence-corrected chi connectivity index (χ3v) is 5.46. The highest BCUT2D eigenvalue weighted by Crippen LogP contribution is 2.35. The first-order valence-corrected chi connectivity index (χ1v) is 9.71. The molecule has 0 aromatic heterocycles. The Balaban J connectivity index is 2.35. The van der Waals surface area contributed by atoms with Gasteiger partial charge in [0.15, 0.2) is 0 Å². The Kier molecular flexibility index (Phi) is 7.33. The van der Waals surface area contributed by atoms with Crippen LogP contribution in [0.25, 0.3) is 0 Å². The zero-order valence-electron chi connectivity index (χ0n) is 16.2. The Bertz CT molecular complexity index is 853. The zero-order chi connectivity index (χ0) is 21.1. The smallest absolute Gasteiger partial charge is 0.372 e. The summed E-state index contributed by atoms with van der Waals surface area (Å²) in [6.07, 6.45) is -4.45. The lowest BCUT2D eigenvalue weighted by atomic mass is 10.1. The highest BCUT2D eigenvalue weighted by molar-refractivity contribution is 14.1. The minimum Gasteiger partial charge on any atom is -0.372 e. The van der Waals surface area contributed by atoms with Crippen molar-refractivity contribution >= 4 is 39.9 Å². The van der Waals surface area contributed by atoms with E-state index in [1.54, 1.807) is 24.1 Å². The molecule has 2 aromatic rings. The number of nitrogens with zero attached hydrogens (tertiary/aromatic N) is 2. The maximum atomic E-state index is 13.2. The molecule has 0 aliphatic heterocycles. The van der Waals surface area contributed by atoms with Gasteiger partial charge in [0.05, 0.1) is 16.9 Å². The summed E-state index contributed by atoms with van der Waals surface area (Å²) in [4.78, 5) is 16.3. The van der Waals surface area contributed by atoms with Crippen molar-refractivity contribution in [2.24, 2.45) is 0 Å². The summed E-state index contributed by atoms with van der Waals surface area (Å²) in [5.74, 6) is -0.361. The zero-order valence-corrected chi connectivity index (χ0v) is 18.4. The summed E-state index contributed by atoms with van der Waals surface area (Å²) in [6.45, 7) is 3.12. The molecular weight excluding hydrogens is 482 g/mol. The Labute approximate surface area is 176 Å². The Morgan fingerprint density at radius 1 is 1.07 bits per heavy atom. The molecule has 0 aliphatic rings. The van der Waals surface area contributed by atoms with E-state index in [4.69, 9.17) is 0 Å². The van der Waals surface area contributed by atoms with Gasteiger partial charge in [-0.25, -0.2) is 0 Å². The monoisotopic (exact) mass is 505 g/mol. The van der Waals surface area contributed by atoms with Crippen LogP contribution >= 0.6 is 22.6 Å². The summed E-state index contributed by atoms with van der Waals surface area (Å²) in [6, 6.07) is 8.66. The number of hydrogen-bond donors (Lipinski definition) is 1. The maximum Gasteiger partial charge on any atom is 0.416 e. The van der Waals surface area contributed by atoms with E-state index in [-0.39, 0.29) is 5.91 Å². The minimum absolute atomic E-state index is 0.326. The first kappa shape index (κ1) is 22.5. The molecule has 28 heavy (non-hydrogen) atoms. The molecule has 8 heteroatoms. The summed E-state index contributed by atoms with van der Waals surface area (Å²) < 4.78 is 40.5. The SMILES string of the molecule is Cc1ccc(C(=O)Nc2ccc(C(F)(F)F)cc2N(C)CCN(C)C)cc1I. The quantitative estimate of drug-likeness (QED) is 0.570. The Morgan fingerprint density at radius 2 is 1.75 bits per heavy atom. The van der Waals surface area contributed by atoms with Crippen molar-refractivity contribution in [3.63, 3.8) is 0 Å². The number of nitrogens with one attached hydrogen (secondary N) is 1. The van der Waals surface area contributed by atoms with Gasteiger partial charge >= 0.3 is 6.18 Å². The second-order valence-electron chi connectivity index (χ2n) is 6.87. The van der Waals surface area contributed by atoms with Crippen molar-refractivity contribution in [1.82, 2.24) is 4.90 Å². The third-order valence-electron chi connectivity index (χ3n) is 4.30. The van der Waals surface area contributed by atoms with Gasteiger partial charge in [0, 0.05) is 29.3 Å². The lowest BCUT2D eigenvalue weighted by Crippen LogP contribution is -2.29. The second kappa shape index (κ2) is 9.13. The molecule has 0 aliphatic carbocycles. The van der Waals surface area contributed by atoms with Crippen molar-refractivity contribution in [2.45, 2.75) is 13.1 Å². The predicted octanol–water partition coefficient (Wildman–Crippen LogP) is 4.87. The van der Waals surface area contributed by atoms with Crippen LogP contribution < -0.4 is 10.2 Å². The molecule has 0 saturated carbocycles. The normalized spacial score (nSPS) is 11.6. The van der Waals surface area contributed by atoms with E-state index >= 15 is 0 Å². The van der Waals surface area contributed by atoms with Gasteiger partial charge in [0.1, 0.15) is 0 Å². The molecule has 0 saturated heterocycles. The number of benzene rings is 2.